The number of rotatable bonds is 30. The van der Waals surface area contributed by atoms with Crippen molar-refractivity contribution in [2.75, 3.05) is 0 Å². The lowest BCUT2D eigenvalue weighted by Gasteiger charge is -2.28. The lowest BCUT2D eigenvalue weighted by Crippen LogP contribution is -2.14. The molecule has 0 spiro atoms. The number of benzene rings is 3. The van der Waals surface area contributed by atoms with Crippen LogP contribution in [-0.4, -0.2) is 15.0 Å². The van der Waals surface area contributed by atoms with Crippen LogP contribution in [0.25, 0.3) is 33.4 Å². The van der Waals surface area contributed by atoms with E-state index in [1.165, 1.54) is 298 Å². The summed E-state index contributed by atoms with van der Waals surface area (Å²) >= 11 is 0. The molecule has 0 N–H and O–H groups in total. The van der Waals surface area contributed by atoms with Crippen molar-refractivity contribution in [3.05, 3.63) is 162 Å². The molecule has 0 amide bonds. The molecule has 3 aliphatic carbocycles. The van der Waals surface area contributed by atoms with Crippen molar-refractivity contribution in [1.82, 2.24) is 15.0 Å². The highest BCUT2D eigenvalue weighted by Crippen LogP contribution is 2.40. The average Bonchev–Trinajstić information content (AvgIpc) is 3.75. The molecule has 84 heavy (non-hydrogen) atoms. The zero-order valence-corrected chi connectivity index (χ0v) is 54.4. The fraction of sp³-hybridized carbons (Fsp3) is 0.593. The van der Waals surface area contributed by atoms with Gasteiger partial charge in [-0.2, -0.15) is 0 Å². The fourth-order valence-electron chi connectivity index (χ4n) is 14.0. The van der Waals surface area contributed by atoms with Gasteiger partial charge in [-0.1, -0.05) is 248 Å². The fourth-order valence-corrected chi connectivity index (χ4v) is 14.0. The first-order valence-electron chi connectivity index (χ1n) is 35.6. The average molecular weight is 1130 g/mol. The van der Waals surface area contributed by atoms with Crippen LogP contribution >= 0.6 is 0 Å². The zero-order valence-electron chi connectivity index (χ0n) is 54.4. The molecule has 3 saturated carbocycles. The Morgan fingerprint density at radius 1 is 0.250 bits per heavy atom. The molecule has 3 heterocycles. The quantitative estimate of drug-likeness (QED) is 0.0422. The van der Waals surface area contributed by atoms with Crippen LogP contribution < -0.4 is 0 Å². The van der Waals surface area contributed by atoms with Crippen LogP contribution in [-0.2, 0) is 19.3 Å². The molecule has 6 aromatic rings. The number of aromatic nitrogens is 3. The second-order valence-corrected chi connectivity index (χ2v) is 26.5. The standard InChI is InChI=1S/C28H41N.C27H39N.C26H37N/c1-3-5-7-9-11-24-12-16-25(17-13-24)27-20-21-28(29-22-27)26-18-14-23(15-19-26)10-8-6-4-2;1-3-5-7-9-22-11-15-24(16-12-22)26-19-20-27(28-21-26)25-17-13-23(14-18-25)10-8-6-4-2;1-3-5-7-9-22-12-16-24(17-13-22)26-19-18-25(20-27-26)23-14-10-21(11-15-23)8-6-4-2/h12-13,16-17,20-23,26H,3-11,14-15,18-19H2,1-2H3;11-12,15-16,19-21,23,25H,3-10,13-14,17-18H2,1-2H3;10-11,14-15,18-20,22,24H,3-9,12-13,16-17H2,1-2H3. The Balaban J connectivity index is 0.000000181. The zero-order chi connectivity index (χ0) is 58.8. The van der Waals surface area contributed by atoms with Gasteiger partial charge in [0, 0.05) is 70.1 Å². The first kappa shape index (κ1) is 66.6. The van der Waals surface area contributed by atoms with E-state index in [0.717, 1.165) is 17.8 Å². The molecule has 0 atom stereocenters. The maximum atomic E-state index is 4.87. The number of pyridine rings is 3. The summed E-state index contributed by atoms with van der Waals surface area (Å²) in [4.78, 5) is 14.6. The number of unbranched alkanes of at least 4 members (excludes halogenated alkanes) is 12. The Bertz CT molecular complexity index is 2570. The number of hydrogen-bond donors (Lipinski definition) is 0. The van der Waals surface area contributed by atoms with E-state index in [9.17, 15) is 0 Å². The molecule has 9 rings (SSSR count). The summed E-state index contributed by atoms with van der Waals surface area (Å²) in [6.45, 7) is 13.7. The summed E-state index contributed by atoms with van der Waals surface area (Å²) in [5.41, 5.74) is 15.9. The molecule has 0 radical (unpaired) electrons. The third-order valence-electron chi connectivity index (χ3n) is 19.9. The van der Waals surface area contributed by atoms with Crippen molar-refractivity contribution < 1.29 is 0 Å². The molecular weight excluding hydrogens is 1010 g/mol. The van der Waals surface area contributed by atoms with Gasteiger partial charge >= 0.3 is 0 Å². The molecule has 0 bridgehead atoms. The molecule has 0 saturated heterocycles. The van der Waals surface area contributed by atoms with Gasteiger partial charge in [-0.15, -0.1) is 0 Å². The maximum Gasteiger partial charge on any atom is 0.0434 e. The summed E-state index contributed by atoms with van der Waals surface area (Å²) in [6.07, 6.45) is 54.9. The largest absolute Gasteiger partial charge is 0.260 e. The smallest absolute Gasteiger partial charge is 0.0434 e. The maximum absolute atomic E-state index is 4.87. The van der Waals surface area contributed by atoms with E-state index in [1.54, 1.807) is 0 Å². The second-order valence-electron chi connectivity index (χ2n) is 26.5. The van der Waals surface area contributed by atoms with E-state index in [-0.39, 0.29) is 0 Å². The molecule has 456 valence electrons. The van der Waals surface area contributed by atoms with Crippen molar-refractivity contribution in [3.8, 4) is 33.4 Å². The van der Waals surface area contributed by atoms with Gasteiger partial charge in [0.05, 0.1) is 0 Å². The van der Waals surface area contributed by atoms with Crippen molar-refractivity contribution in [1.29, 1.82) is 0 Å². The van der Waals surface area contributed by atoms with Crippen LogP contribution in [0.2, 0.25) is 0 Å². The van der Waals surface area contributed by atoms with Crippen LogP contribution in [0.5, 0.6) is 0 Å². The topological polar surface area (TPSA) is 38.7 Å². The van der Waals surface area contributed by atoms with Crippen LogP contribution in [0.15, 0.2) is 128 Å². The Kier molecular flexibility index (Phi) is 30.9. The van der Waals surface area contributed by atoms with Gasteiger partial charge in [-0.25, -0.2) is 0 Å². The van der Waals surface area contributed by atoms with Crippen LogP contribution in [0.1, 0.15) is 305 Å². The highest BCUT2D eigenvalue weighted by molar-refractivity contribution is 5.64. The van der Waals surface area contributed by atoms with Gasteiger partial charge in [0.15, 0.2) is 0 Å². The number of nitrogens with zero attached hydrogens (tertiary/aromatic N) is 3. The van der Waals surface area contributed by atoms with Crippen molar-refractivity contribution in [2.45, 2.75) is 290 Å². The third kappa shape index (κ3) is 23.1. The lowest BCUT2D eigenvalue weighted by atomic mass is 9.78. The summed E-state index contributed by atoms with van der Waals surface area (Å²) < 4.78 is 0. The minimum atomic E-state index is 0.678. The van der Waals surface area contributed by atoms with Crippen LogP contribution in [0.4, 0.5) is 0 Å². The van der Waals surface area contributed by atoms with E-state index in [4.69, 9.17) is 15.0 Å². The number of hydrogen-bond acceptors (Lipinski definition) is 3. The van der Waals surface area contributed by atoms with Gasteiger partial charge < -0.3 is 0 Å². The normalized spacial score (nSPS) is 19.6. The summed E-state index contributed by atoms with van der Waals surface area (Å²) in [5.74, 6) is 4.95. The molecule has 0 unspecified atom stereocenters. The summed E-state index contributed by atoms with van der Waals surface area (Å²) in [6, 6.07) is 41.0. The molecule has 3 aromatic heterocycles. The molecule has 3 aromatic carbocycles. The highest BCUT2D eigenvalue weighted by Gasteiger charge is 2.25. The molecular formula is C81H117N3. The van der Waals surface area contributed by atoms with Gasteiger partial charge in [-0.3, -0.25) is 15.0 Å². The van der Waals surface area contributed by atoms with Gasteiger partial charge in [0.2, 0.25) is 0 Å². The monoisotopic (exact) mass is 1130 g/mol. The van der Waals surface area contributed by atoms with Crippen molar-refractivity contribution in [2.24, 2.45) is 17.8 Å². The molecule has 0 aliphatic heterocycles. The van der Waals surface area contributed by atoms with E-state index in [2.05, 4.69) is 169 Å². The van der Waals surface area contributed by atoms with Crippen molar-refractivity contribution >= 4 is 0 Å². The lowest BCUT2D eigenvalue weighted by molar-refractivity contribution is 0.300. The SMILES string of the molecule is CCCCCC1CCC(c2ccc(-c3ccc(CCCC)cc3)cn2)CC1.CCCCCCc1ccc(-c2ccc(C3CCC(CCCCC)CC3)nc2)cc1.CCCCCc1ccc(-c2ccc(C3CCC(CCCCC)CC3)nc2)cc1. The first-order valence-corrected chi connectivity index (χ1v) is 35.6. The van der Waals surface area contributed by atoms with E-state index in [0.29, 0.717) is 17.8 Å². The molecule has 3 heteroatoms. The molecule has 3 aliphatic rings. The van der Waals surface area contributed by atoms with Gasteiger partial charge in [-0.05, 0) is 185 Å². The second kappa shape index (κ2) is 39.0. The molecule has 3 fully saturated rings. The van der Waals surface area contributed by atoms with Gasteiger partial charge in [0.1, 0.15) is 0 Å². The van der Waals surface area contributed by atoms with Crippen LogP contribution in [0, 0.1) is 17.8 Å². The van der Waals surface area contributed by atoms with E-state index >= 15 is 0 Å². The predicted octanol–water partition coefficient (Wildman–Crippen LogP) is 25.0. The Hall–Kier alpha value is -4.89. The first-order chi connectivity index (χ1) is 41.4. The molecule has 3 nitrogen and oxygen atoms in total. The Morgan fingerprint density at radius 2 is 0.500 bits per heavy atom. The minimum absolute atomic E-state index is 0.678. The Morgan fingerprint density at radius 3 is 0.774 bits per heavy atom. The van der Waals surface area contributed by atoms with Crippen LogP contribution in [0.3, 0.4) is 0 Å². The predicted molar refractivity (Wildman–Crippen MR) is 365 cm³/mol. The summed E-state index contributed by atoms with van der Waals surface area (Å²) in [5, 5.41) is 0. The third-order valence-corrected chi connectivity index (χ3v) is 19.9. The van der Waals surface area contributed by atoms with Crippen molar-refractivity contribution in [3.63, 3.8) is 0 Å². The van der Waals surface area contributed by atoms with Gasteiger partial charge in [0.25, 0.3) is 0 Å². The minimum Gasteiger partial charge on any atom is -0.260 e. The highest BCUT2D eigenvalue weighted by atomic mass is 14.7. The summed E-state index contributed by atoms with van der Waals surface area (Å²) in [7, 11) is 0. The van der Waals surface area contributed by atoms with E-state index < -0.39 is 0 Å². The number of aryl methyl sites for hydroxylation is 3. The Labute approximate surface area is 515 Å². The van der Waals surface area contributed by atoms with E-state index in [1.807, 2.05) is 0 Å².